The van der Waals surface area contributed by atoms with Gasteiger partial charge < -0.3 is 14.4 Å². The molecule has 0 radical (unpaired) electrons. The molecule has 2 aromatic carbocycles. The number of piperazine rings is 1. The molecule has 1 heterocycles. The summed E-state index contributed by atoms with van der Waals surface area (Å²) in [5.74, 6) is 1.83. The summed E-state index contributed by atoms with van der Waals surface area (Å²) in [6, 6.07) is 11.9. The van der Waals surface area contributed by atoms with Crippen molar-refractivity contribution in [3.63, 3.8) is 0 Å². The number of hydrogen-bond donors (Lipinski definition) is 0. The van der Waals surface area contributed by atoms with Crippen LogP contribution in [0.4, 0.5) is 0 Å². The topological polar surface area (TPSA) is 42.0 Å². The van der Waals surface area contributed by atoms with E-state index >= 15 is 0 Å². The van der Waals surface area contributed by atoms with E-state index in [1.165, 1.54) is 0 Å². The van der Waals surface area contributed by atoms with E-state index in [2.05, 4.69) is 4.90 Å². The maximum absolute atomic E-state index is 12.9. The molecule has 0 unspecified atom stereocenters. The Bertz CT molecular complexity index is 811. The van der Waals surface area contributed by atoms with Gasteiger partial charge in [-0.05, 0) is 43.7 Å². The number of nitrogens with zero attached hydrogens (tertiary/aromatic N) is 2. The zero-order valence-electron chi connectivity index (χ0n) is 16.6. The molecule has 1 amide bonds. The lowest BCUT2D eigenvalue weighted by molar-refractivity contribution is 0.0626. The average Bonchev–Trinajstić information content (AvgIpc) is 2.69. The van der Waals surface area contributed by atoms with E-state index in [1.807, 2.05) is 55.1 Å². The Morgan fingerprint density at radius 1 is 0.963 bits per heavy atom. The number of ether oxygens (including phenoxy) is 2. The lowest BCUT2D eigenvalue weighted by Gasteiger charge is -2.35. The van der Waals surface area contributed by atoms with Crippen LogP contribution in [-0.4, -0.2) is 56.1 Å². The highest BCUT2D eigenvalue weighted by molar-refractivity contribution is 5.95. The van der Waals surface area contributed by atoms with E-state index < -0.39 is 0 Å². The molecule has 0 aromatic heterocycles. The molecule has 5 heteroatoms. The van der Waals surface area contributed by atoms with Crippen LogP contribution in [0.25, 0.3) is 0 Å². The van der Waals surface area contributed by atoms with Gasteiger partial charge in [0.15, 0.2) is 0 Å². The first-order chi connectivity index (χ1) is 13.0. The van der Waals surface area contributed by atoms with Gasteiger partial charge in [-0.15, -0.1) is 0 Å². The van der Waals surface area contributed by atoms with Gasteiger partial charge in [0.2, 0.25) is 0 Å². The second-order valence-electron chi connectivity index (χ2n) is 7.06. The second-order valence-corrected chi connectivity index (χ2v) is 7.06. The minimum Gasteiger partial charge on any atom is -0.497 e. The molecular formula is C22H28N2O3. The lowest BCUT2D eigenvalue weighted by atomic mass is 10.0. The molecule has 0 atom stereocenters. The zero-order chi connectivity index (χ0) is 19.4. The number of benzene rings is 2. The summed E-state index contributed by atoms with van der Waals surface area (Å²) < 4.78 is 10.8. The Morgan fingerprint density at radius 2 is 1.70 bits per heavy atom. The first-order valence-electron chi connectivity index (χ1n) is 9.31. The minimum absolute atomic E-state index is 0.134. The molecule has 0 aliphatic carbocycles. The molecule has 1 aliphatic rings. The SMILES string of the molecule is COc1ccc(OC)c(CN2CCN(C(=O)c3cc(C)ccc3C)CC2)c1. The van der Waals surface area contributed by atoms with Crippen molar-refractivity contribution < 1.29 is 14.3 Å². The third-order valence-electron chi connectivity index (χ3n) is 5.16. The van der Waals surface area contributed by atoms with E-state index in [4.69, 9.17) is 9.47 Å². The zero-order valence-corrected chi connectivity index (χ0v) is 16.6. The molecule has 0 saturated carbocycles. The van der Waals surface area contributed by atoms with Gasteiger partial charge in [-0.25, -0.2) is 0 Å². The standard InChI is InChI=1S/C22H28N2O3/c1-16-5-6-17(2)20(13-16)22(25)24-11-9-23(10-12-24)15-18-14-19(26-3)7-8-21(18)27-4/h5-8,13-14H,9-12,15H2,1-4H3. The summed E-state index contributed by atoms with van der Waals surface area (Å²) in [5.41, 5.74) is 4.07. The van der Waals surface area contributed by atoms with Gasteiger partial charge >= 0.3 is 0 Å². The van der Waals surface area contributed by atoms with Gasteiger partial charge in [0, 0.05) is 43.9 Å². The Kier molecular flexibility index (Phi) is 6.01. The quantitative estimate of drug-likeness (QED) is 0.812. The monoisotopic (exact) mass is 368 g/mol. The third kappa shape index (κ3) is 4.42. The van der Waals surface area contributed by atoms with Crippen LogP contribution < -0.4 is 9.47 Å². The molecule has 3 rings (SSSR count). The van der Waals surface area contributed by atoms with Crippen molar-refractivity contribution in [3.8, 4) is 11.5 Å². The summed E-state index contributed by atoms with van der Waals surface area (Å²) in [6.07, 6.45) is 0. The Balaban J connectivity index is 1.64. The smallest absolute Gasteiger partial charge is 0.254 e. The predicted molar refractivity (Wildman–Crippen MR) is 107 cm³/mol. The number of carbonyl (C=O) groups excluding carboxylic acids is 1. The highest BCUT2D eigenvalue weighted by Crippen LogP contribution is 2.26. The van der Waals surface area contributed by atoms with E-state index in [9.17, 15) is 4.79 Å². The maximum Gasteiger partial charge on any atom is 0.254 e. The van der Waals surface area contributed by atoms with Crippen molar-refractivity contribution in [2.24, 2.45) is 0 Å². The number of amides is 1. The Hall–Kier alpha value is -2.53. The molecule has 0 spiro atoms. The number of carbonyl (C=O) groups is 1. The molecule has 1 saturated heterocycles. The van der Waals surface area contributed by atoms with E-state index in [0.717, 1.165) is 66.5 Å². The van der Waals surface area contributed by atoms with Gasteiger partial charge in [-0.2, -0.15) is 0 Å². The van der Waals surface area contributed by atoms with Crippen LogP contribution in [0.3, 0.4) is 0 Å². The summed E-state index contributed by atoms with van der Waals surface area (Å²) in [7, 11) is 3.36. The van der Waals surface area contributed by atoms with Crippen molar-refractivity contribution in [2.75, 3.05) is 40.4 Å². The fourth-order valence-corrected chi connectivity index (χ4v) is 3.49. The molecule has 27 heavy (non-hydrogen) atoms. The van der Waals surface area contributed by atoms with E-state index in [-0.39, 0.29) is 5.91 Å². The number of rotatable bonds is 5. The van der Waals surface area contributed by atoms with Crippen LogP contribution in [0.5, 0.6) is 11.5 Å². The van der Waals surface area contributed by atoms with Crippen molar-refractivity contribution in [1.82, 2.24) is 9.80 Å². The summed E-state index contributed by atoms with van der Waals surface area (Å²) in [5, 5.41) is 0. The highest BCUT2D eigenvalue weighted by atomic mass is 16.5. The van der Waals surface area contributed by atoms with Crippen LogP contribution in [0, 0.1) is 13.8 Å². The predicted octanol–water partition coefficient (Wildman–Crippen LogP) is 3.28. The van der Waals surface area contributed by atoms with Crippen LogP contribution in [0.2, 0.25) is 0 Å². The molecule has 144 valence electrons. The number of aryl methyl sites for hydroxylation is 2. The summed E-state index contributed by atoms with van der Waals surface area (Å²) in [6.45, 7) is 7.96. The van der Waals surface area contributed by atoms with Crippen molar-refractivity contribution in [3.05, 3.63) is 58.7 Å². The molecule has 0 N–H and O–H groups in total. The van der Waals surface area contributed by atoms with Crippen LogP contribution in [0.15, 0.2) is 36.4 Å². The molecule has 1 fully saturated rings. The van der Waals surface area contributed by atoms with Gasteiger partial charge in [0.05, 0.1) is 14.2 Å². The summed E-state index contributed by atoms with van der Waals surface area (Å²) in [4.78, 5) is 17.2. The Morgan fingerprint density at radius 3 is 2.37 bits per heavy atom. The highest BCUT2D eigenvalue weighted by Gasteiger charge is 2.24. The van der Waals surface area contributed by atoms with Gasteiger partial charge in [-0.1, -0.05) is 17.7 Å². The Labute approximate surface area is 161 Å². The lowest BCUT2D eigenvalue weighted by Crippen LogP contribution is -2.48. The molecule has 0 bridgehead atoms. The third-order valence-corrected chi connectivity index (χ3v) is 5.16. The van der Waals surface area contributed by atoms with E-state index in [1.54, 1.807) is 14.2 Å². The normalized spacial score (nSPS) is 14.9. The van der Waals surface area contributed by atoms with Crippen molar-refractivity contribution >= 4 is 5.91 Å². The first kappa shape index (κ1) is 19.2. The maximum atomic E-state index is 12.9. The van der Waals surface area contributed by atoms with Gasteiger partial charge in [0.1, 0.15) is 11.5 Å². The van der Waals surface area contributed by atoms with Crippen LogP contribution in [-0.2, 0) is 6.54 Å². The van der Waals surface area contributed by atoms with Crippen molar-refractivity contribution in [2.45, 2.75) is 20.4 Å². The van der Waals surface area contributed by atoms with Crippen molar-refractivity contribution in [1.29, 1.82) is 0 Å². The average molecular weight is 368 g/mol. The van der Waals surface area contributed by atoms with Crippen LogP contribution >= 0.6 is 0 Å². The van der Waals surface area contributed by atoms with E-state index in [0.29, 0.717) is 0 Å². The van der Waals surface area contributed by atoms with Crippen LogP contribution in [0.1, 0.15) is 27.0 Å². The molecule has 5 nitrogen and oxygen atoms in total. The fraction of sp³-hybridized carbons (Fsp3) is 0.409. The number of hydrogen-bond acceptors (Lipinski definition) is 4. The van der Waals surface area contributed by atoms with Gasteiger partial charge in [-0.3, -0.25) is 9.69 Å². The summed E-state index contributed by atoms with van der Waals surface area (Å²) >= 11 is 0. The fourth-order valence-electron chi connectivity index (χ4n) is 3.49. The molecular weight excluding hydrogens is 340 g/mol. The largest absolute Gasteiger partial charge is 0.497 e. The van der Waals surface area contributed by atoms with Gasteiger partial charge in [0.25, 0.3) is 5.91 Å². The molecule has 1 aliphatic heterocycles. The molecule has 2 aromatic rings. The minimum atomic E-state index is 0.134. The number of methoxy groups -OCH3 is 2. The first-order valence-corrected chi connectivity index (χ1v) is 9.31. The second kappa shape index (κ2) is 8.44.